The number of benzene rings is 1. The minimum absolute atomic E-state index is 0.268. The van der Waals surface area contributed by atoms with Gasteiger partial charge in [-0.25, -0.2) is 4.79 Å². The second-order valence-corrected chi connectivity index (χ2v) is 9.94. The number of hydrogen-bond donors (Lipinski definition) is 2. The number of H-pyrrole nitrogens is 1. The number of hydrogen-bond acceptors (Lipinski definition) is 7. The predicted molar refractivity (Wildman–Crippen MR) is 132 cm³/mol. The fourth-order valence-electron chi connectivity index (χ4n) is 5.16. The molecule has 2 aromatic rings. The maximum absolute atomic E-state index is 13.6. The summed E-state index contributed by atoms with van der Waals surface area (Å²) in [5.41, 5.74) is -0.254. The molecular formula is C26H35N5O4. The summed E-state index contributed by atoms with van der Waals surface area (Å²) in [5, 5.41) is 13.6. The molecule has 9 nitrogen and oxygen atoms in total. The van der Waals surface area contributed by atoms with Gasteiger partial charge in [0.2, 0.25) is 5.91 Å². The Bertz CT molecular complexity index is 1200. The molecule has 0 bridgehead atoms. The Hall–Kier alpha value is -3.12. The largest absolute Gasteiger partial charge is 0.497 e. The third-order valence-electron chi connectivity index (χ3n) is 7.44. The lowest BCUT2D eigenvalue weighted by molar-refractivity contribution is -0.124. The molecule has 1 aliphatic carbocycles. The van der Waals surface area contributed by atoms with Gasteiger partial charge in [-0.3, -0.25) is 14.8 Å². The van der Waals surface area contributed by atoms with Crippen LogP contribution < -0.4 is 21.3 Å². The van der Waals surface area contributed by atoms with Gasteiger partial charge in [0.05, 0.1) is 18.6 Å². The fraction of sp³-hybridized carbons (Fsp3) is 0.615. The van der Waals surface area contributed by atoms with Crippen molar-refractivity contribution in [2.45, 2.75) is 69.4 Å². The van der Waals surface area contributed by atoms with Crippen LogP contribution in [0.1, 0.15) is 57.8 Å². The summed E-state index contributed by atoms with van der Waals surface area (Å²) >= 11 is 0. The Morgan fingerprint density at radius 1 is 1.34 bits per heavy atom. The average Bonchev–Trinajstić information content (AvgIpc) is 2.88. The Balaban J connectivity index is 1.66. The highest BCUT2D eigenvalue weighted by atomic mass is 16.5. The van der Waals surface area contributed by atoms with Crippen LogP contribution in [0, 0.1) is 17.2 Å². The monoisotopic (exact) mass is 481 g/mol. The number of piperidine rings is 1. The molecule has 188 valence electrons. The minimum Gasteiger partial charge on any atom is -0.497 e. The number of carbonyl (C=O) groups is 1. The lowest BCUT2D eigenvalue weighted by Crippen LogP contribution is -2.56. The smallest absolute Gasteiger partial charge is 0.418 e. The maximum atomic E-state index is 13.6. The number of likely N-dealkylation sites (tertiary alicyclic amines) is 1. The van der Waals surface area contributed by atoms with Crippen LogP contribution in [-0.2, 0) is 4.79 Å². The van der Waals surface area contributed by atoms with Crippen LogP contribution in [0.4, 0.5) is 0 Å². The van der Waals surface area contributed by atoms with E-state index >= 15 is 0 Å². The summed E-state index contributed by atoms with van der Waals surface area (Å²) in [6.07, 6.45) is 8.66. The number of aromatic nitrogens is 1. The number of amides is 1. The SMILES string of the molecule is COc1ccc2/c(=N/C(CCC3CCCCC3)C(=O)NC3(C#N)CCN(C)CC3)[nH]c(=O)oc2c1. The highest BCUT2D eigenvalue weighted by Crippen LogP contribution is 2.29. The van der Waals surface area contributed by atoms with Crippen molar-refractivity contribution in [2.24, 2.45) is 10.9 Å². The van der Waals surface area contributed by atoms with Crippen LogP contribution in [0.3, 0.4) is 0 Å². The Labute approximate surface area is 205 Å². The van der Waals surface area contributed by atoms with Gasteiger partial charge in [0, 0.05) is 19.2 Å². The van der Waals surface area contributed by atoms with Crippen molar-refractivity contribution in [2.75, 3.05) is 27.2 Å². The van der Waals surface area contributed by atoms with E-state index in [1.165, 1.54) is 32.1 Å². The zero-order valence-corrected chi connectivity index (χ0v) is 20.6. The van der Waals surface area contributed by atoms with Crippen molar-refractivity contribution < 1.29 is 13.9 Å². The van der Waals surface area contributed by atoms with Gasteiger partial charge in [0.25, 0.3) is 0 Å². The summed E-state index contributed by atoms with van der Waals surface area (Å²) in [7, 11) is 3.56. The van der Waals surface area contributed by atoms with Crippen LogP contribution in [0.5, 0.6) is 5.75 Å². The van der Waals surface area contributed by atoms with Crippen LogP contribution >= 0.6 is 0 Å². The summed E-state index contributed by atoms with van der Waals surface area (Å²) in [6.45, 7) is 1.50. The number of aromatic amines is 1. The first-order chi connectivity index (χ1) is 16.9. The molecule has 2 heterocycles. The number of ether oxygens (including phenoxy) is 1. The van der Waals surface area contributed by atoms with Gasteiger partial charge in [0.15, 0.2) is 0 Å². The van der Waals surface area contributed by atoms with Gasteiger partial charge >= 0.3 is 5.76 Å². The molecule has 1 amide bonds. The molecule has 1 aromatic carbocycles. The molecule has 2 fully saturated rings. The third kappa shape index (κ3) is 6.12. The van der Waals surface area contributed by atoms with Crippen LogP contribution in [-0.4, -0.2) is 54.6 Å². The molecule has 1 aliphatic heterocycles. The standard InChI is InChI=1S/C26H35N5O4/c1-31-14-12-26(17-27,13-15-31)30-24(32)21(11-8-18-6-4-3-5-7-18)28-23-20-10-9-19(34-2)16-22(20)35-25(33)29-23/h9-10,16,18,21H,3-8,11-15H2,1-2H3,(H,30,32)(H,28,29,33). The van der Waals surface area contributed by atoms with Crippen molar-refractivity contribution in [1.82, 2.24) is 15.2 Å². The van der Waals surface area contributed by atoms with Gasteiger partial charge < -0.3 is 19.4 Å². The molecule has 9 heteroatoms. The Kier molecular flexibility index (Phi) is 7.91. The van der Waals surface area contributed by atoms with Crippen LogP contribution in [0.25, 0.3) is 11.0 Å². The lowest BCUT2D eigenvalue weighted by Gasteiger charge is -2.36. The van der Waals surface area contributed by atoms with E-state index in [2.05, 4.69) is 21.3 Å². The van der Waals surface area contributed by atoms with E-state index < -0.39 is 17.3 Å². The number of methoxy groups -OCH3 is 1. The molecule has 2 aliphatic rings. The molecule has 0 spiro atoms. The molecule has 1 saturated heterocycles. The van der Waals surface area contributed by atoms with E-state index in [1.54, 1.807) is 25.3 Å². The number of rotatable bonds is 7. The molecule has 4 rings (SSSR count). The molecule has 0 radical (unpaired) electrons. The zero-order valence-electron chi connectivity index (χ0n) is 20.6. The van der Waals surface area contributed by atoms with Gasteiger partial charge in [-0.05, 0) is 50.8 Å². The van der Waals surface area contributed by atoms with E-state index in [-0.39, 0.29) is 5.91 Å². The van der Waals surface area contributed by atoms with E-state index in [1.807, 2.05) is 7.05 Å². The van der Waals surface area contributed by atoms with Crippen LogP contribution in [0.15, 0.2) is 32.4 Å². The predicted octanol–water partition coefficient (Wildman–Crippen LogP) is 2.86. The Morgan fingerprint density at radius 3 is 2.77 bits per heavy atom. The quantitative estimate of drug-likeness (QED) is 0.627. The molecular weight excluding hydrogens is 446 g/mol. The van der Waals surface area contributed by atoms with Gasteiger partial charge in [-0.15, -0.1) is 0 Å². The Morgan fingerprint density at radius 2 is 2.09 bits per heavy atom. The maximum Gasteiger partial charge on any atom is 0.418 e. The second-order valence-electron chi connectivity index (χ2n) is 9.94. The van der Waals surface area contributed by atoms with Gasteiger partial charge in [-0.2, -0.15) is 5.26 Å². The molecule has 1 aromatic heterocycles. The first-order valence-electron chi connectivity index (χ1n) is 12.6. The summed E-state index contributed by atoms with van der Waals surface area (Å²) < 4.78 is 10.5. The van der Waals surface area contributed by atoms with Crippen molar-refractivity contribution >= 4 is 16.9 Å². The first-order valence-corrected chi connectivity index (χ1v) is 12.6. The topological polar surface area (TPSA) is 124 Å². The zero-order chi connectivity index (χ0) is 24.8. The molecule has 2 N–H and O–H groups in total. The number of carbonyl (C=O) groups excluding carboxylic acids is 1. The second kappa shape index (κ2) is 11.1. The molecule has 1 unspecified atom stereocenters. The van der Waals surface area contributed by atoms with Gasteiger partial charge in [-0.1, -0.05) is 32.1 Å². The fourth-order valence-corrected chi connectivity index (χ4v) is 5.16. The van der Waals surface area contributed by atoms with Crippen molar-refractivity contribution in [1.29, 1.82) is 5.26 Å². The molecule has 1 saturated carbocycles. The van der Waals surface area contributed by atoms with Crippen LogP contribution in [0.2, 0.25) is 0 Å². The first kappa shape index (κ1) is 25.0. The van der Waals surface area contributed by atoms with Crippen molar-refractivity contribution in [3.63, 3.8) is 0 Å². The lowest BCUT2D eigenvalue weighted by atomic mass is 9.85. The third-order valence-corrected chi connectivity index (χ3v) is 7.44. The molecule has 35 heavy (non-hydrogen) atoms. The minimum atomic E-state index is -0.892. The highest BCUT2D eigenvalue weighted by molar-refractivity contribution is 5.83. The average molecular weight is 482 g/mol. The summed E-state index contributed by atoms with van der Waals surface area (Å²) in [4.78, 5) is 35.4. The summed E-state index contributed by atoms with van der Waals surface area (Å²) in [5.74, 6) is 0.214. The van der Waals surface area contributed by atoms with Crippen molar-refractivity contribution in [3.05, 3.63) is 34.2 Å². The number of nitriles is 1. The summed E-state index contributed by atoms with van der Waals surface area (Å²) in [6, 6.07) is 6.79. The van der Waals surface area contributed by atoms with E-state index in [4.69, 9.17) is 14.1 Å². The van der Waals surface area contributed by atoms with E-state index in [0.717, 1.165) is 19.5 Å². The van der Waals surface area contributed by atoms with Crippen molar-refractivity contribution in [3.8, 4) is 11.8 Å². The number of nitrogens with one attached hydrogen (secondary N) is 2. The highest BCUT2D eigenvalue weighted by Gasteiger charge is 2.37. The normalized spacial score (nSPS) is 20.3. The number of nitrogens with zero attached hydrogens (tertiary/aromatic N) is 3. The van der Waals surface area contributed by atoms with Gasteiger partial charge in [0.1, 0.15) is 28.4 Å². The number of fused-ring (bicyclic) bond motifs is 1. The molecule has 1 atom stereocenters. The van der Waals surface area contributed by atoms with E-state index in [9.17, 15) is 14.9 Å². The van der Waals surface area contributed by atoms with E-state index in [0.29, 0.717) is 47.4 Å².